The van der Waals surface area contributed by atoms with Gasteiger partial charge in [0.15, 0.2) is 0 Å². The Balaban J connectivity index is 2.47. The third kappa shape index (κ3) is 8.48. The molecule has 9 nitrogen and oxygen atoms in total. The lowest BCUT2D eigenvalue weighted by Gasteiger charge is -2.26. The Hall–Kier alpha value is -2.16. The number of rotatable bonds is 8. The van der Waals surface area contributed by atoms with E-state index < -0.39 is 23.9 Å². The number of amides is 4. The number of urea groups is 1. The van der Waals surface area contributed by atoms with E-state index in [2.05, 4.69) is 16.0 Å². The SMILES string of the molecule is CC(=O)NCCN(CC(=O)NC(=O)NC1CCCCC1)C(C)C(=O)O. The maximum Gasteiger partial charge on any atom is 0.321 e. The maximum atomic E-state index is 12.0. The Labute approximate surface area is 147 Å². The molecule has 0 aliphatic heterocycles. The monoisotopic (exact) mass is 356 g/mol. The van der Waals surface area contributed by atoms with Crippen molar-refractivity contribution in [3.05, 3.63) is 0 Å². The maximum absolute atomic E-state index is 12.0. The molecule has 25 heavy (non-hydrogen) atoms. The summed E-state index contributed by atoms with van der Waals surface area (Å²) in [6, 6.07) is -1.39. The molecule has 1 atom stereocenters. The molecule has 142 valence electrons. The highest BCUT2D eigenvalue weighted by atomic mass is 16.4. The van der Waals surface area contributed by atoms with Crippen LogP contribution in [-0.2, 0) is 14.4 Å². The second-order valence-corrected chi connectivity index (χ2v) is 6.32. The fourth-order valence-electron chi connectivity index (χ4n) is 2.76. The van der Waals surface area contributed by atoms with Crippen LogP contribution in [0.4, 0.5) is 4.79 Å². The van der Waals surface area contributed by atoms with Gasteiger partial charge in [-0.25, -0.2) is 4.79 Å². The van der Waals surface area contributed by atoms with Crippen LogP contribution in [0.1, 0.15) is 46.0 Å². The first-order valence-corrected chi connectivity index (χ1v) is 8.61. The highest BCUT2D eigenvalue weighted by Gasteiger charge is 2.24. The van der Waals surface area contributed by atoms with Crippen molar-refractivity contribution < 1.29 is 24.3 Å². The van der Waals surface area contributed by atoms with Crippen LogP contribution in [0, 0.1) is 0 Å². The van der Waals surface area contributed by atoms with Crippen molar-refractivity contribution in [3.63, 3.8) is 0 Å². The Morgan fingerprint density at radius 2 is 1.80 bits per heavy atom. The largest absolute Gasteiger partial charge is 0.480 e. The van der Waals surface area contributed by atoms with E-state index in [0.717, 1.165) is 32.1 Å². The number of hydrogen-bond acceptors (Lipinski definition) is 5. The predicted octanol–water partition coefficient (Wildman–Crippen LogP) is 0.0561. The second-order valence-electron chi connectivity index (χ2n) is 6.32. The first-order chi connectivity index (χ1) is 11.8. The van der Waals surface area contributed by atoms with Gasteiger partial charge in [-0.05, 0) is 19.8 Å². The molecule has 1 aliphatic rings. The molecule has 0 aromatic carbocycles. The van der Waals surface area contributed by atoms with Crippen molar-refractivity contribution in [3.8, 4) is 0 Å². The minimum absolute atomic E-state index is 0.0790. The molecule has 4 amide bonds. The van der Waals surface area contributed by atoms with Gasteiger partial charge in [-0.3, -0.25) is 24.6 Å². The molecule has 0 radical (unpaired) electrons. The quantitative estimate of drug-likeness (QED) is 0.487. The lowest BCUT2D eigenvalue weighted by atomic mass is 9.96. The van der Waals surface area contributed by atoms with Gasteiger partial charge in [-0.2, -0.15) is 0 Å². The number of imide groups is 1. The first-order valence-electron chi connectivity index (χ1n) is 8.61. The zero-order valence-electron chi connectivity index (χ0n) is 14.8. The van der Waals surface area contributed by atoms with E-state index in [9.17, 15) is 19.2 Å². The fourth-order valence-corrected chi connectivity index (χ4v) is 2.76. The highest BCUT2D eigenvalue weighted by Crippen LogP contribution is 2.17. The summed E-state index contributed by atoms with van der Waals surface area (Å²) in [5.74, 6) is -1.90. The smallest absolute Gasteiger partial charge is 0.321 e. The normalized spacial score (nSPS) is 16.1. The van der Waals surface area contributed by atoms with Crippen LogP contribution >= 0.6 is 0 Å². The fraction of sp³-hybridized carbons (Fsp3) is 0.750. The van der Waals surface area contributed by atoms with E-state index >= 15 is 0 Å². The van der Waals surface area contributed by atoms with Crippen LogP contribution in [0.25, 0.3) is 0 Å². The summed E-state index contributed by atoms with van der Waals surface area (Å²) in [7, 11) is 0. The third-order valence-electron chi connectivity index (χ3n) is 4.22. The molecule has 0 saturated heterocycles. The van der Waals surface area contributed by atoms with Crippen LogP contribution in [0.5, 0.6) is 0 Å². The standard InChI is InChI=1S/C16H28N4O5/c1-11(15(23)24)20(9-8-17-12(2)21)10-14(22)19-16(25)18-13-6-4-3-5-7-13/h11,13H,3-10H2,1-2H3,(H,17,21)(H,23,24)(H2,18,19,22,25). The van der Waals surface area contributed by atoms with E-state index in [4.69, 9.17) is 5.11 Å². The number of nitrogens with zero attached hydrogens (tertiary/aromatic N) is 1. The first kappa shape index (κ1) is 20.9. The minimum Gasteiger partial charge on any atom is -0.480 e. The molecule has 1 rings (SSSR count). The number of carboxylic acids is 1. The summed E-state index contributed by atoms with van der Waals surface area (Å²) in [5, 5.41) is 16.7. The molecule has 0 aromatic rings. The summed E-state index contributed by atoms with van der Waals surface area (Å²) in [4.78, 5) is 47.4. The Bertz CT molecular complexity index is 491. The van der Waals surface area contributed by atoms with Crippen molar-refractivity contribution in [2.75, 3.05) is 19.6 Å². The summed E-state index contributed by atoms with van der Waals surface area (Å²) in [5.41, 5.74) is 0. The Morgan fingerprint density at radius 1 is 1.16 bits per heavy atom. The number of carbonyl (C=O) groups is 4. The molecule has 4 N–H and O–H groups in total. The molecule has 1 saturated carbocycles. The molecular formula is C16H28N4O5. The molecule has 9 heteroatoms. The van der Waals surface area contributed by atoms with Crippen LogP contribution in [0.3, 0.4) is 0 Å². The zero-order chi connectivity index (χ0) is 18.8. The van der Waals surface area contributed by atoms with E-state index in [1.807, 2.05) is 0 Å². The minimum atomic E-state index is -1.08. The van der Waals surface area contributed by atoms with Crippen molar-refractivity contribution in [1.82, 2.24) is 20.9 Å². The van der Waals surface area contributed by atoms with E-state index in [1.54, 1.807) is 0 Å². The van der Waals surface area contributed by atoms with Gasteiger partial charge in [-0.1, -0.05) is 19.3 Å². The summed E-state index contributed by atoms with van der Waals surface area (Å²) < 4.78 is 0. The molecular weight excluding hydrogens is 328 g/mol. The third-order valence-corrected chi connectivity index (χ3v) is 4.22. The Morgan fingerprint density at radius 3 is 2.36 bits per heavy atom. The van der Waals surface area contributed by atoms with Crippen LogP contribution in [0.2, 0.25) is 0 Å². The Kier molecular flexibility index (Phi) is 8.90. The van der Waals surface area contributed by atoms with E-state index in [0.29, 0.717) is 0 Å². The van der Waals surface area contributed by atoms with Crippen molar-refractivity contribution >= 4 is 23.8 Å². The van der Waals surface area contributed by atoms with Gasteiger partial charge in [-0.15, -0.1) is 0 Å². The average Bonchev–Trinajstić information content (AvgIpc) is 2.53. The molecule has 0 heterocycles. The van der Waals surface area contributed by atoms with Gasteiger partial charge < -0.3 is 15.7 Å². The van der Waals surface area contributed by atoms with Crippen LogP contribution in [0.15, 0.2) is 0 Å². The summed E-state index contributed by atoms with van der Waals surface area (Å²) in [6.45, 7) is 2.96. The van der Waals surface area contributed by atoms with Crippen molar-refractivity contribution in [2.45, 2.75) is 58.0 Å². The number of aliphatic carboxylic acids is 1. The van der Waals surface area contributed by atoms with Gasteiger partial charge in [0, 0.05) is 26.1 Å². The van der Waals surface area contributed by atoms with Gasteiger partial charge in [0.2, 0.25) is 11.8 Å². The molecule has 0 aromatic heterocycles. The second kappa shape index (κ2) is 10.7. The lowest BCUT2D eigenvalue weighted by molar-refractivity contribution is -0.143. The average molecular weight is 356 g/mol. The zero-order valence-corrected chi connectivity index (χ0v) is 14.8. The van der Waals surface area contributed by atoms with Crippen molar-refractivity contribution in [1.29, 1.82) is 0 Å². The summed E-state index contributed by atoms with van der Waals surface area (Å²) >= 11 is 0. The van der Waals surface area contributed by atoms with E-state index in [-0.39, 0.29) is 31.6 Å². The van der Waals surface area contributed by atoms with Gasteiger partial charge >= 0.3 is 12.0 Å². The highest BCUT2D eigenvalue weighted by molar-refractivity contribution is 5.95. The molecule has 1 unspecified atom stereocenters. The van der Waals surface area contributed by atoms with Crippen LogP contribution in [-0.4, -0.2) is 65.5 Å². The number of carboxylic acid groups (broad SMARTS) is 1. The van der Waals surface area contributed by atoms with Crippen LogP contribution < -0.4 is 16.0 Å². The van der Waals surface area contributed by atoms with Crippen molar-refractivity contribution in [2.24, 2.45) is 0 Å². The number of nitrogens with one attached hydrogen (secondary N) is 3. The number of carbonyl (C=O) groups excluding carboxylic acids is 3. The van der Waals surface area contributed by atoms with Gasteiger partial charge in [0.1, 0.15) is 6.04 Å². The molecule has 0 spiro atoms. The predicted molar refractivity (Wildman–Crippen MR) is 90.9 cm³/mol. The van der Waals surface area contributed by atoms with E-state index in [1.165, 1.54) is 18.7 Å². The van der Waals surface area contributed by atoms with Gasteiger partial charge in [0.05, 0.1) is 6.54 Å². The molecule has 1 aliphatic carbocycles. The molecule has 1 fully saturated rings. The molecule has 0 bridgehead atoms. The van der Waals surface area contributed by atoms with Gasteiger partial charge in [0.25, 0.3) is 0 Å². The topological polar surface area (TPSA) is 128 Å². The number of hydrogen-bond donors (Lipinski definition) is 4. The lowest BCUT2D eigenvalue weighted by Crippen LogP contribution is -2.51. The summed E-state index contributed by atoms with van der Waals surface area (Å²) in [6.07, 6.45) is 5.09.